The Kier molecular flexibility index (Phi) is 8.38. The van der Waals surface area contributed by atoms with Gasteiger partial charge in [-0.25, -0.2) is 0 Å². The van der Waals surface area contributed by atoms with E-state index in [1.54, 1.807) is 0 Å². The van der Waals surface area contributed by atoms with Crippen LogP contribution in [0.15, 0.2) is 0 Å². The van der Waals surface area contributed by atoms with Crippen molar-refractivity contribution in [1.82, 2.24) is 5.32 Å². The van der Waals surface area contributed by atoms with Crippen molar-refractivity contribution in [3.63, 3.8) is 0 Å². The molecule has 0 amide bonds. The van der Waals surface area contributed by atoms with Gasteiger partial charge in [0.05, 0.1) is 13.2 Å². The van der Waals surface area contributed by atoms with Gasteiger partial charge in [0.25, 0.3) is 0 Å². The molecule has 0 aliphatic rings. The van der Waals surface area contributed by atoms with Crippen LogP contribution in [0.25, 0.3) is 0 Å². The highest BCUT2D eigenvalue weighted by atomic mass is 16.5. The maximum Gasteiger partial charge on any atom is 0.319 e. The quantitative estimate of drug-likeness (QED) is 0.632. The van der Waals surface area contributed by atoms with E-state index >= 15 is 0 Å². The van der Waals surface area contributed by atoms with Gasteiger partial charge in [0.15, 0.2) is 0 Å². The molecule has 1 N–H and O–H groups in total. The molecule has 0 aromatic rings. The summed E-state index contributed by atoms with van der Waals surface area (Å²) in [4.78, 5) is 11.3. The number of carbonyl (C=O) groups is 1. The van der Waals surface area contributed by atoms with Gasteiger partial charge >= 0.3 is 5.97 Å². The van der Waals surface area contributed by atoms with E-state index in [2.05, 4.69) is 19.2 Å². The number of hydrogen-bond acceptors (Lipinski definition) is 3. The van der Waals surface area contributed by atoms with Gasteiger partial charge in [-0.3, -0.25) is 4.79 Å². The maximum absolute atomic E-state index is 11.3. The average molecular weight is 215 g/mol. The Bertz CT molecular complexity index is 169. The number of carbonyl (C=O) groups excluding carboxylic acids is 1. The second-order valence-electron chi connectivity index (χ2n) is 4.35. The van der Waals surface area contributed by atoms with Crippen LogP contribution in [-0.2, 0) is 9.53 Å². The van der Waals surface area contributed by atoms with Crippen LogP contribution in [0.1, 0.15) is 47.0 Å². The minimum Gasteiger partial charge on any atom is -0.464 e. The molecule has 1 atom stereocenters. The lowest BCUT2D eigenvalue weighted by atomic mass is 10.1. The van der Waals surface area contributed by atoms with Crippen molar-refractivity contribution in [3.05, 3.63) is 0 Å². The topological polar surface area (TPSA) is 38.3 Å². The predicted octanol–water partition coefficient (Wildman–Crippen LogP) is 2.35. The second-order valence-corrected chi connectivity index (χ2v) is 4.35. The summed E-state index contributed by atoms with van der Waals surface area (Å²) in [7, 11) is 0. The predicted molar refractivity (Wildman–Crippen MR) is 62.8 cm³/mol. The summed E-state index contributed by atoms with van der Waals surface area (Å²) in [6, 6.07) is 0.446. The average Bonchev–Trinajstić information content (AvgIpc) is 2.21. The Morgan fingerprint density at radius 2 is 2.00 bits per heavy atom. The molecule has 0 fully saturated rings. The molecule has 0 spiro atoms. The Balaban J connectivity index is 3.59. The normalized spacial score (nSPS) is 12.9. The van der Waals surface area contributed by atoms with E-state index in [-0.39, 0.29) is 5.97 Å². The molecule has 0 aromatic heterocycles. The molecule has 0 saturated carbocycles. The fourth-order valence-corrected chi connectivity index (χ4v) is 1.34. The van der Waals surface area contributed by atoms with Crippen LogP contribution in [-0.4, -0.2) is 25.2 Å². The number of esters is 1. The highest BCUT2D eigenvalue weighted by Crippen LogP contribution is 2.00. The van der Waals surface area contributed by atoms with Gasteiger partial charge in [-0.15, -0.1) is 0 Å². The molecule has 0 aliphatic carbocycles. The molecule has 1 unspecified atom stereocenters. The van der Waals surface area contributed by atoms with Crippen LogP contribution in [0.2, 0.25) is 0 Å². The zero-order valence-electron chi connectivity index (χ0n) is 10.5. The van der Waals surface area contributed by atoms with Crippen LogP contribution in [0.4, 0.5) is 0 Å². The van der Waals surface area contributed by atoms with E-state index < -0.39 is 0 Å². The third-order valence-corrected chi connectivity index (χ3v) is 2.24. The van der Waals surface area contributed by atoms with Crippen LogP contribution in [0.3, 0.4) is 0 Å². The molecule has 3 heteroatoms. The van der Waals surface area contributed by atoms with Crippen molar-refractivity contribution in [2.75, 3.05) is 13.2 Å². The van der Waals surface area contributed by atoms with Gasteiger partial charge in [-0.1, -0.05) is 34.1 Å². The lowest BCUT2D eigenvalue weighted by Crippen LogP contribution is -2.34. The third kappa shape index (κ3) is 8.43. The van der Waals surface area contributed by atoms with Crippen LogP contribution in [0.5, 0.6) is 0 Å². The fourth-order valence-electron chi connectivity index (χ4n) is 1.34. The zero-order chi connectivity index (χ0) is 11.7. The van der Waals surface area contributed by atoms with Crippen molar-refractivity contribution in [1.29, 1.82) is 0 Å². The van der Waals surface area contributed by atoms with Gasteiger partial charge < -0.3 is 10.1 Å². The Morgan fingerprint density at radius 1 is 1.33 bits per heavy atom. The Morgan fingerprint density at radius 3 is 2.47 bits per heavy atom. The van der Waals surface area contributed by atoms with E-state index in [0.29, 0.717) is 25.1 Å². The lowest BCUT2D eigenvalue weighted by Gasteiger charge is -2.15. The number of hydrogen-bond donors (Lipinski definition) is 1. The summed E-state index contributed by atoms with van der Waals surface area (Å²) in [5.41, 5.74) is 0. The first-order valence-electron chi connectivity index (χ1n) is 5.99. The van der Waals surface area contributed by atoms with Crippen molar-refractivity contribution >= 4 is 5.97 Å². The van der Waals surface area contributed by atoms with Crippen molar-refractivity contribution < 1.29 is 9.53 Å². The SMILES string of the molecule is CCCC(CC)NCC(=O)OCC(C)C. The third-order valence-electron chi connectivity index (χ3n) is 2.24. The summed E-state index contributed by atoms with van der Waals surface area (Å²) in [5.74, 6) is 0.268. The molecule has 0 bridgehead atoms. The lowest BCUT2D eigenvalue weighted by molar-refractivity contribution is -0.143. The standard InChI is InChI=1S/C12H25NO2/c1-5-7-11(6-2)13-8-12(14)15-9-10(3)4/h10-11,13H,5-9H2,1-4H3. The molecular formula is C12H25NO2. The van der Waals surface area contributed by atoms with Crippen LogP contribution in [0, 0.1) is 5.92 Å². The monoisotopic (exact) mass is 215 g/mol. The van der Waals surface area contributed by atoms with E-state index in [9.17, 15) is 4.79 Å². The molecule has 0 radical (unpaired) electrons. The molecule has 3 nitrogen and oxygen atoms in total. The number of ether oxygens (including phenoxy) is 1. The summed E-state index contributed by atoms with van der Waals surface area (Å²) in [6.07, 6.45) is 3.33. The van der Waals surface area contributed by atoms with E-state index in [1.165, 1.54) is 0 Å². The molecule has 0 aliphatic heterocycles. The first-order valence-corrected chi connectivity index (χ1v) is 5.99. The highest BCUT2D eigenvalue weighted by Gasteiger charge is 2.08. The maximum atomic E-state index is 11.3. The Labute approximate surface area is 93.6 Å². The van der Waals surface area contributed by atoms with E-state index in [4.69, 9.17) is 4.74 Å². The van der Waals surface area contributed by atoms with E-state index in [1.807, 2.05) is 13.8 Å². The molecule has 15 heavy (non-hydrogen) atoms. The molecule has 0 rings (SSSR count). The summed E-state index contributed by atoms with van der Waals surface area (Å²) < 4.78 is 5.08. The minimum absolute atomic E-state index is 0.141. The molecule has 0 heterocycles. The van der Waals surface area contributed by atoms with Crippen molar-refractivity contribution in [2.45, 2.75) is 53.0 Å². The van der Waals surface area contributed by atoms with Gasteiger partial charge in [-0.05, 0) is 18.8 Å². The fraction of sp³-hybridized carbons (Fsp3) is 0.917. The van der Waals surface area contributed by atoms with Crippen molar-refractivity contribution in [2.24, 2.45) is 5.92 Å². The Hall–Kier alpha value is -0.570. The molecular weight excluding hydrogens is 190 g/mol. The van der Waals surface area contributed by atoms with E-state index in [0.717, 1.165) is 19.3 Å². The van der Waals surface area contributed by atoms with Gasteiger partial charge in [0.1, 0.15) is 0 Å². The summed E-state index contributed by atoms with van der Waals surface area (Å²) >= 11 is 0. The first kappa shape index (κ1) is 14.4. The molecule has 0 aromatic carbocycles. The molecule has 0 saturated heterocycles. The zero-order valence-corrected chi connectivity index (χ0v) is 10.5. The van der Waals surface area contributed by atoms with Gasteiger partial charge in [0.2, 0.25) is 0 Å². The molecule has 90 valence electrons. The minimum atomic E-state index is -0.141. The van der Waals surface area contributed by atoms with Crippen LogP contribution >= 0.6 is 0 Å². The summed E-state index contributed by atoms with van der Waals surface area (Å²) in [6.45, 7) is 9.21. The smallest absolute Gasteiger partial charge is 0.319 e. The van der Waals surface area contributed by atoms with Crippen LogP contribution < -0.4 is 5.32 Å². The highest BCUT2D eigenvalue weighted by molar-refractivity contribution is 5.71. The van der Waals surface area contributed by atoms with Crippen molar-refractivity contribution in [3.8, 4) is 0 Å². The number of rotatable bonds is 8. The number of nitrogens with one attached hydrogen (secondary N) is 1. The largest absolute Gasteiger partial charge is 0.464 e. The van der Waals surface area contributed by atoms with Gasteiger partial charge in [-0.2, -0.15) is 0 Å². The first-order chi connectivity index (χ1) is 7.10. The summed E-state index contributed by atoms with van der Waals surface area (Å²) in [5, 5.41) is 3.22. The van der Waals surface area contributed by atoms with Gasteiger partial charge in [0, 0.05) is 6.04 Å². The second kappa shape index (κ2) is 8.72.